The van der Waals surface area contributed by atoms with Crippen molar-refractivity contribution in [3.8, 4) is 6.07 Å². The van der Waals surface area contributed by atoms with Crippen LogP contribution in [-0.4, -0.2) is 49.3 Å². The van der Waals surface area contributed by atoms with Crippen molar-refractivity contribution in [1.82, 2.24) is 20.9 Å². The van der Waals surface area contributed by atoms with Gasteiger partial charge in [-0.05, 0) is 66.7 Å². The molecule has 5 rings (SSSR count). The molecule has 2 aliphatic carbocycles. The van der Waals surface area contributed by atoms with E-state index in [9.17, 15) is 14.9 Å². The molecule has 1 aromatic carbocycles. The van der Waals surface area contributed by atoms with Crippen molar-refractivity contribution in [3.05, 3.63) is 65.3 Å². The second-order valence-corrected chi connectivity index (χ2v) is 11.0. The normalized spacial score (nSPS) is 23.6. The number of rotatable bonds is 12. The molecule has 1 aromatic rings. The zero-order valence-corrected chi connectivity index (χ0v) is 22.0. The third-order valence-electron chi connectivity index (χ3n) is 8.34. The second-order valence-electron chi connectivity index (χ2n) is 11.0. The third kappa shape index (κ3) is 5.63. The molecule has 38 heavy (non-hydrogen) atoms. The van der Waals surface area contributed by atoms with Crippen molar-refractivity contribution in [3.63, 3.8) is 0 Å². The van der Waals surface area contributed by atoms with E-state index in [4.69, 9.17) is 5.73 Å². The molecule has 1 unspecified atom stereocenters. The SMILES string of the molecule is N#CC1(C2CC2)CCN(C2=CCNC(NCC(=O)Cc3cccc(/C(=C/NCC4CCC4)CN)c3)=C2)C1=O. The zero-order valence-electron chi connectivity index (χ0n) is 22.0. The number of hydrogen-bond donors (Lipinski definition) is 4. The van der Waals surface area contributed by atoms with Gasteiger partial charge in [-0.3, -0.25) is 9.59 Å². The van der Waals surface area contributed by atoms with Crippen LogP contribution >= 0.6 is 0 Å². The maximum atomic E-state index is 13.1. The molecule has 3 fully saturated rings. The van der Waals surface area contributed by atoms with Crippen molar-refractivity contribution in [1.29, 1.82) is 5.26 Å². The molecule has 4 aliphatic rings. The Hall–Kier alpha value is -3.57. The van der Waals surface area contributed by atoms with Gasteiger partial charge in [-0.1, -0.05) is 30.7 Å². The Morgan fingerprint density at radius 1 is 1.29 bits per heavy atom. The first-order valence-electron chi connectivity index (χ1n) is 13.9. The number of ketones is 1. The number of nitrogens with one attached hydrogen (secondary N) is 3. The van der Waals surface area contributed by atoms with Crippen molar-refractivity contribution in [2.45, 2.75) is 44.9 Å². The molecular formula is C30H38N6O2. The van der Waals surface area contributed by atoms with E-state index < -0.39 is 5.41 Å². The van der Waals surface area contributed by atoms with Gasteiger partial charge in [-0.2, -0.15) is 5.26 Å². The molecule has 8 heteroatoms. The topological polar surface area (TPSA) is 123 Å². The number of amides is 1. The summed E-state index contributed by atoms with van der Waals surface area (Å²) in [5.74, 6) is 1.67. The third-order valence-corrected chi connectivity index (χ3v) is 8.34. The van der Waals surface area contributed by atoms with Gasteiger partial charge >= 0.3 is 0 Å². The molecular weight excluding hydrogens is 476 g/mol. The number of hydrogen-bond acceptors (Lipinski definition) is 7. The lowest BCUT2D eigenvalue weighted by atomic mass is 9.83. The lowest BCUT2D eigenvalue weighted by molar-refractivity contribution is -0.132. The molecule has 200 valence electrons. The van der Waals surface area contributed by atoms with Gasteiger partial charge in [-0.25, -0.2) is 0 Å². The number of nitriles is 1. The molecule has 2 saturated carbocycles. The summed E-state index contributed by atoms with van der Waals surface area (Å²) < 4.78 is 0. The fraction of sp³-hybridized carbons (Fsp3) is 0.500. The van der Waals surface area contributed by atoms with Crippen LogP contribution in [0.15, 0.2) is 54.1 Å². The van der Waals surface area contributed by atoms with E-state index in [0.717, 1.165) is 47.7 Å². The Morgan fingerprint density at radius 3 is 2.84 bits per heavy atom. The van der Waals surface area contributed by atoms with Crippen molar-refractivity contribution < 1.29 is 9.59 Å². The predicted molar refractivity (Wildman–Crippen MR) is 147 cm³/mol. The molecule has 1 atom stereocenters. The molecule has 2 heterocycles. The van der Waals surface area contributed by atoms with Crippen LogP contribution in [0.3, 0.4) is 0 Å². The van der Waals surface area contributed by atoms with E-state index >= 15 is 0 Å². The maximum absolute atomic E-state index is 13.1. The first-order valence-corrected chi connectivity index (χ1v) is 13.9. The predicted octanol–water partition coefficient (Wildman–Crippen LogP) is 2.56. The van der Waals surface area contributed by atoms with E-state index in [1.807, 2.05) is 42.6 Å². The minimum absolute atomic E-state index is 0.0665. The Kier molecular flexibility index (Phi) is 7.85. The number of likely N-dealkylation sites (tertiary alicyclic amines) is 1. The summed E-state index contributed by atoms with van der Waals surface area (Å²) >= 11 is 0. The highest BCUT2D eigenvalue weighted by Crippen LogP contribution is 2.51. The van der Waals surface area contributed by atoms with Crippen LogP contribution in [0.25, 0.3) is 5.57 Å². The van der Waals surface area contributed by atoms with E-state index in [2.05, 4.69) is 22.0 Å². The number of carbonyl (C=O) groups is 2. The summed E-state index contributed by atoms with van der Waals surface area (Å²) in [4.78, 5) is 27.7. The van der Waals surface area contributed by atoms with Gasteiger partial charge in [-0.15, -0.1) is 0 Å². The molecule has 0 radical (unpaired) electrons. The molecule has 0 aromatic heterocycles. The van der Waals surface area contributed by atoms with E-state index in [0.29, 0.717) is 38.3 Å². The molecule has 1 saturated heterocycles. The van der Waals surface area contributed by atoms with Crippen molar-refractivity contribution >= 4 is 17.3 Å². The molecule has 8 nitrogen and oxygen atoms in total. The average molecular weight is 515 g/mol. The van der Waals surface area contributed by atoms with E-state index in [1.54, 1.807) is 4.90 Å². The number of Topliss-reactive ketones (excluding diaryl/α,β-unsaturated/α-hetero) is 1. The summed E-state index contributed by atoms with van der Waals surface area (Å²) in [5.41, 5.74) is 8.97. The average Bonchev–Trinajstić information content (AvgIpc) is 3.70. The molecule has 0 bridgehead atoms. The number of dihydropyridines is 1. The minimum atomic E-state index is -0.858. The highest BCUT2D eigenvalue weighted by Gasteiger charge is 2.56. The van der Waals surface area contributed by atoms with Gasteiger partial charge in [0.25, 0.3) is 0 Å². The molecule has 5 N–H and O–H groups in total. The van der Waals surface area contributed by atoms with Crippen LogP contribution in [0.4, 0.5) is 0 Å². The number of allylic oxidation sites excluding steroid dienone is 1. The maximum Gasteiger partial charge on any atom is 0.247 e. The van der Waals surface area contributed by atoms with E-state index in [-0.39, 0.29) is 24.2 Å². The van der Waals surface area contributed by atoms with Gasteiger partial charge < -0.3 is 26.6 Å². The fourth-order valence-electron chi connectivity index (χ4n) is 5.63. The minimum Gasteiger partial charge on any atom is -0.390 e. The number of carbonyl (C=O) groups excluding carboxylic acids is 2. The lowest BCUT2D eigenvalue weighted by Crippen LogP contribution is -2.38. The largest absolute Gasteiger partial charge is 0.390 e. The second kappa shape index (κ2) is 11.4. The zero-order chi connectivity index (χ0) is 26.5. The Labute approximate surface area is 225 Å². The standard InChI is InChI=1S/C30H38N6O2/c31-16-24(18-33-17-21-3-1-4-21)23-6-2-5-22(13-23)14-27(37)19-35-28-15-26(9-11-34-28)36-12-10-30(20-32,29(36)38)25-7-8-25/h2,5-6,9,13,15,18,21,25,33-35H,1,3-4,7-8,10-12,14,16-17,19,31H2/b24-18+. The highest BCUT2D eigenvalue weighted by molar-refractivity contribution is 5.90. The summed E-state index contributed by atoms with van der Waals surface area (Å²) in [6.07, 6.45) is 12.6. The van der Waals surface area contributed by atoms with Gasteiger partial charge in [0.2, 0.25) is 5.91 Å². The van der Waals surface area contributed by atoms with Gasteiger partial charge in [0, 0.05) is 50.6 Å². The Morgan fingerprint density at radius 2 is 2.13 bits per heavy atom. The van der Waals surface area contributed by atoms with Gasteiger partial charge in [0.05, 0.1) is 12.6 Å². The van der Waals surface area contributed by atoms with Crippen LogP contribution < -0.4 is 21.7 Å². The van der Waals surface area contributed by atoms with Gasteiger partial charge in [0.1, 0.15) is 11.2 Å². The van der Waals surface area contributed by atoms with Crippen molar-refractivity contribution in [2.24, 2.45) is 23.0 Å². The van der Waals surface area contributed by atoms with Crippen LogP contribution in [0.1, 0.15) is 49.7 Å². The van der Waals surface area contributed by atoms with Gasteiger partial charge in [0.15, 0.2) is 5.78 Å². The summed E-state index contributed by atoms with van der Waals surface area (Å²) in [7, 11) is 0. The fourth-order valence-corrected chi connectivity index (χ4v) is 5.63. The summed E-state index contributed by atoms with van der Waals surface area (Å²) in [6.45, 7) is 2.71. The lowest BCUT2D eigenvalue weighted by Gasteiger charge is -2.25. The number of benzene rings is 1. The monoisotopic (exact) mass is 514 g/mol. The number of nitrogens with two attached hydrogens (primary N) is 1. The highest BCUT2D eigenvalue weighted by atomic mass is 16.2. The van der Waals surface area contributed by atoms with Crippen LogP contribution in [0.5, 0.6) is 0 Å². The summed E-state index contributed by atoms with van der Waals surface area (Å²) in [5, 5.41) is 19.6. The smallest absolute Gasteiger partial charge is 0.247 e. The number of nitrogens with zero attached hydrogens (tertiary/aromatic N) is 2. The van der Waals surface area contributed by atoms with E-state index in [1.165, 1.54) is 19.3 Å². The van der Waals surface area contributed by atoms with Crippen LogP contribution in [0.2, 0.25) is 0 Å². The van der Waals surface area contributed by atoms with Crippen molar-refractivity contribution in [2.75, 3.05) is 32.7 Å². The first-order chi connectivity index (χ1) is 18.5. The molecule has 1 amide bonds. The molecule has 0 spiro atoms. The Balaban J connectivity index is 1.14. The quantitative estimate of drug-likeness (QED) is 0.338. The Bertz CT molecular complexity index is 1200. The molecule has 2 aliphatic heterocycles. The van der Waals surface area contributed by atoms with Crippen LogP contribution in [-0.2, 0) is 16.0 Å². The first kappa shape index (κ1) is 26.1. The summed E-state index contributed by atoms with van der Waals surface area (Å²) in [6, 6.07) is 10.4. The van der Waals surface area contributed by atoms with Crippen LogP contribution in [0, 0.1) is 28.6 Å².